The van der Waals surface area contributed by atoms with Crippen molar-refractivity contribution in [1.82, 2.24) is 10.2 Å². The van der Waals surface area contributed by atoms with Crippen LogP contribution in [0.1, 0.15) is 53.4 Å². The van der Waals surface area contributed by atoms with Gasteiger partial charge in [-0.1, -0.05) is 13.8 Å². The Kier molecular flexibility index (Phi) is 2.66. The topological polar surface area (TPSA) is 24.5 Å². The molecule has 3 rings (SSSR count). The lowest BCUT2D eigenvalue weighted by Gasteiger charge is -2.57. The van der Waals surface area contributed by atoms with Crippen LogP contribution in [0.2, 0.25) is 0 Å². The average Bonchev–Trinajstić information content (AvgIpc) is 2.50. The molecule has 0 aromatic heterocycles. The zero-order chi connectivity index (χ0) is 13.2. The molecule has 0 aromatic carbocycles. The van der Waals surface area contributed by atoms with Gasteiger partial charge in [0.15, 0.2) is 0 Å². The predicted molar refractivity (Wildman–Crippen MR) is 73.5 cm³/mol. The molecule has 1 spiro atoms. The van der Waals surface area contributed by atoms with Gasteiger partial charge in [0.2, 0.25) is 0 Å². The smallest absolute Gasteiger partial charge is 0.123 e. The van der Waals surface area contributed by atoms with Gasteiger partial charge in [0.1, 0.15) is 5.72 Å². The molecular formula is C15H28N2O. The third kappa shape index (κ3) is 1.75. The Bertz CT molecular complexity index is 336. The zero-order valence-corrected chi connectivity index (χ0v) is 12.5. The molecule has 0 amide bonds. The Morgan fingerprint density at radius 3 is 2.11 bits per heavy atom. The molecule has 0 aromatic rings. The van der Waals surface area contributed by atoms with Crippen LogP contribution < -0.4 is 5.32 Å². The summed E-state index contributed by atoms with van der Waals surface area (Å²) in [5.41, 5.74) is 0.0889. The fraction of sp³-hybridized carbons (Fsp3) is 1.00. The van der Waals surface area contributed by atoms with Crippen molar-refractivity contribution in [3.63, 3.8) is 0 Å². The monoisotopic (exact) mass is 252 g/mol. The van der Waals surface area contributed by atoms with Crippen molar-refractivity contribution in [2.75, 3.05) is 13.6 Å². The Morgan fingerprint density at radius 2 is 1.61 bits per heavy atom. The summed E-state index contributed by atoms with van der Waals surface area (Å²) in [6.45, 7) is 10.2. The fourth-order valence-corrected chi connectivity index (χ4v) is 3.91. The fourth-order valence-electron chi connectivity index (χ4n) is 3.91. The van der Waals surface area contributed by atoms with Crippen molar-refractivity contribution in [1.29, 1.82) is 0 Å². The lowest BCUT2D eigenvalue weighted by atomic mass is 9.74. The van der Waals surface area contributed by atoms with E-state index in [1.807, 2.05) is 0 Å². The van der Waals surface area contributed by atoms with E-state index in [-0.39, 0.29) is 16.7 Å². The van der Waals surface area contributed by atoms with Crippen LogP contribution in [0.3, 0.4) is 0 Å². The van der Waals surface area contributed by atoms with Crippen molar-refractivity contribution in [3.05, 3.63) is 0 Å². The second-order valence-electron chi connectivity index (χ2n) is 7.80. The van der Waals surface area contributed by atoms with Crippen molar-refractivity contribution >= 4 is 0 Å². The Hall–Kier alpha value is -0.120. The van der Waals surface area contributed by atoms with Crippen molar-refractivity contribution in [2.24, 2.45) is 5.41 Å². The molecule has 3 saturated heterocycles. The lowest BCUT2D eigenvalue weighted by Crippen LogP contribution is -2.69. The molecule has 0 aliphatic carbocycles. The van der Waals surface area contributed by atoms with Gasteiger partial charge in [0.05, 0.1) is 5.60 Å². The summed E-state index contributed by atoms with van der Waals surface area (Å²) in [5, 5.41) is 3.75. The van der Waals surface area contributed by atoms with Crippen molar-refractivity contribution < 1.29 is 4.74 Å². The van der Waals surface area contributed by atoms with Crippen LogP contribution in [-0.2, 0) is 4.74 Å². The van der Waals surface area contributed by atoms with E-state index >= 15 is 0 Å². The highest BCUT2D eigenvalue weighted by Gasteiger charge is 2.55. The van der Waals surface area contributed by atoms with Gasteiger partial charge >= 0.3 is 0 Å². The molecule has 1 N–H and O–H groups in total. The van der Waals surface area contributed by atoms with Crippen molar-refractivity contribution in [2.45, 2.75) is 76.8 Å². The molecule has 2 atom stereocenters. The van der Waals surface area contributed by atoms with Gasteiger partial charge in [-0.15, -0.1) is 0 Å². The molecule has 2 bridgehead atoms. The first-order valence-electron chi connectivity index (χ1n) is 7.42. The number of nitrogens with zero attached hydrogens (tertiary/aromatic N) is 1. The number of fused-ring (bicyclic) bond motifs is 2. The number of nitrogens with one attached hydrogen (secondary N) is 1. The minimum absolute atomic E-state index is 0.0480. The first-order valence-corrected chi connectivity index (χ1v) is 7.42. The highest BCUT2D eigenvalue weighted by atomic mass is 16.5. The van der Waals surface area contributed by atoms with Gasteiger partial charge in [-0.2, -0.15) is 0 Å². The first kappa shape index (κ1) is 12.9. The highest BCUT2D eigenvalue weighted by molar-refractivity contribution is 5.06. The predicted octanol–water partition coefficient (Wildman–Crippen LogP) is 2.36. The largest absolute Gasteiger partial charge is 0.354 e. The molecule has 2 unspecified atom stereocenters. The number of rotatable bonds is 0. The summed E-state index contributed by atoms with van der Waals surface area (Å²) in [6.07, 6.45) is 4.99. The normalized spacial score (nSPS) is 46.5. The second kappa shape index (κ2) is 3.71. The molecule has 3 heterocycles. The number of hydrogen-bond donors (Lipinski definition) is 1. The van der Waals surface area contributed by atoms with Crippen molar-refractivity contribution in [3.8, 4) is 0 Å². The zero-order valence-electron chi connectivity index (χ0n) is 12.5. The van der Waals surface area contributed by atoms with Gasteiger partial charge < -0.3 is 9.64 Å². The molecule has 0 radical (unpaired) electrons. The average molecular weight is 252 g/mol. The molecule has 3 aliphatic rings. The van der Waals surface area contributed by atoms with Gasteiger partial charge in [0.25, 0.3) is 0 Å². The molecular weight excluding hydrogens is 224 g/mol. The summed E-state index contributed by atoms with van der Waals surface area (Å²) in [5.74, 6) is 0. The Labute approximate surface area is 111 Å². The minimum atomic E-state index is -0.0582. The van der Waals surface area contributed by atoms with Crippen LogP contribution in [0, 0.1) is 5.41 Å². The third-order valence-corrected chi connectivity index (χ3v) is 6.05. The minimum Gasteiger partial charge on any atom is -0.354 e. The van der Waals surface area contributed by atoms with Crippen LogP contribution in [0.25, 0.3) is 0 Å². The summed E-state index contributed by atoms with van der Waals surface area (Å²) < 4.78 is 6.61. The maximum Gasteiger partial charge on any atom is 0.123 e. The van der Waals surface area contributed by atoms with Gasteiger partial charge in [-0.05, 0) is 33.7 Å². The Balaban J connectivity index is 1.82. The lowest BCUT2D eigenvalue weighted by molar-refractivity contribution is -0.255. The van der Waals surface area contributed by atoms with E-state index in [0.717, 1.165) is 19.4 Å². The van der Waals surface area contributed by atoms with E-state index in [9.17, 15) is 0 Å². The summed E-state index contributed by atoms with van der Waals surface area (Å²) in [4.78, 5) is 2.57. The summed E-state index contributed by atoms with van der Waals surface area (Å²) in [6, 6.07) is 1.43. The van der Waals surface area contributed by atoms with Crippen LogP contribution in [-0.4, -0.2) is 41.9 Å². The highest BCUT2D eigenvalue weighted by Crippen LogP contribution is 2.48. The molecule has 3 heteroatoms. The van der Waals surface area contributed by atoms with E-state index in [0.29, 0.717) is 12.1 Å². The molecule has 104 valence electrons. The second-order valence-corrected chi connectivity index (χ2v) is 7.80. The molecule has 3 nitrogen and oxygen atoms in total. The summed E-state index contributed by atoms with van der Waals surface area (Å²) >= 11 is 0. The standard InChI is InChI=1S/C15H28N2O/c1-13(2)10-16-15(18-14(13,3)4)8-11-6-7-12(9-15)17(11)5/h11-12,16H,6-10H2,1-5H3. The van der Waals surface area contributed by atoms with E-state index in [4.69, 9.17) is 4.74 Å². The van der Waals surface area contributed by atoms with E-state index < -0.39 is 0 Å². The molecule has 0 saturated carbocycles. The number of piperidine rings is 1. The van der Waals surface area contributed by atoms with E-state index in [2.05, 4.69) is 45.0 Å². The van der Waals surface area contributed by atoms with Gasteiger partial charge in [0, 0.05) is 36.9 Å². The van der Waals surface area contributed by atoms with E-state index in [1.165, 1.54) is 12.8 Å². The maximum atomic E-state index is 6.61. The number of ether oxygens (including phenoxy) is 1. The Morgan fingerprint density at radius 1 is 1.06 bits per heavy atom. The quantitative estimate of drug-likeness (QED) is 0.716. The van der Waals surface area contributed by atoms with Crippen LogP contribution >= 0.6 is 0 Å². The third-order valence-electron chi connectivity index (χ3n) is 6.05. The molecule has 3 aliphatic heterocycles. The molecule has 3 fully saturated rings. The SMILES string of the molecule is CN1C2CCC1CC1(C2)NCC(C)(C)C(C)(C)O1. The van der Waals surface area contributed by atoms with Gasteiger partial charge in [-0.25, -0.2) is 0 Å². The van der Waals surface area contributed by atoms with Gasteiger partial charge in [-0.3, -0.25) is 5.32 Å². The number of hydrogen-bond acceptors (Lipinski definition) is 3. The van der Waals surface area contributed by atoms with Crippen LogP contribution in [0.4, 0.5) is 0 Å². The first-order chi connectivity index (χ1) is 8.25. The maximum absolute atomic E-state index is 6.61. The summed E-state index contributed by atoms with van der Waals surface area (Å²) in [7, 11) is 2.28. The van der Waals surface area contributed by atoms with E-state index in [1.54, 1.807) is 0 Å². The van der Waals surface area contributed by atoms with Crippen LogP contribution in [0.5, 0.6) is 0 Å². The molecule has 18 heavy (non-hydrogen) atoms. The van der Waals surface area contributed by atoms with Crippen LogP contribution in [0.15, 0.2) is 0 Å².